The lowest BCUT2D eigenvalue weighted by Gasteiger charge is -2.06. The van der Waals surface area contributed by atoms with Gasteiger partial charge in [-0.15, -0.1) is 11.3 Å². The molecule has 0 aliphatic rings. The molecule has 2 aromatic carbocycles. The molecule has 146 valence electrons. The molecule has 0 radical (unpaired) electrons. The van der Waals surface area contributed by atoms with E-state index in [1.807, 2.05) is 37.3 Å². The molecule has 29 heavy (non-hydrogen) atoms. The van der Waals surface area contributed by atoms with Crippen LogP contribution < -0.4 is 11.4 Å². The molecule has 5 nitrogen and oxygen atoms in total. The van der Waals surface area contributed by atoms with Crippen molar-refractivity contribution < 1.29 is 9.18 Å². The second kappa shape index (κ2) is 7.81. The number of Topliss-reactive ketones (excluding diaryl/α,β-unsaturated/α-hetero) is 1. The van der Waals surface area contributed by atoms with Gasteiger partial charge in [0.25, 0.3) is 5.56 Å². The summed E-state index contributed by atoms with van der Waals surface area (Å²) in [6, 6.07) is 15.2. The molecule has 2 N–H and O–H groups in total. The minimum Gasteiger partial charge on any atom is -0.334 e. The lowest BCUT2D eigenvalue weighted by Crippen LogP contribution is -2.29. The lowest BCUT2D eigenvalue weighted by molar-refractivity contribution is 0.102. The first-order chi connectivity index (χ1) is 13.9. The van der Waals surface area contributed by atoms with Gasteiger partial charge in [-0.2, -0.15) is 0 Å². The first-order valence-electron chi connectivity index (χ1n) is 8.72. The highest BCUT2D eigenvalue weighted by Crippen LogP contribution is 2.32. The molecule has 2 aromatic heterocycles. The van der Waals surface area contributed by atoms with Crippen LogP contribution in [0.2, 0.25) is 0 Å². The number of thioether (sulfide) groups is 1. The largest absolute Gasteiger partial charge is 0.334 e. The quantitative estimate of drug-likeness (QED) is 0.224. The molecule has 0 amide bonds. The molecule has 0 fully saturated rings. The predicted molar refractivity (Wildman–Crippen MR) is 116 cm³/mol. The van der Waals surface area contributed by atoms with Gasteiger partial charge in [0.05, 0.1) is 11.3 Å². The molecule has 0 saturated heterocycles. The fourth-order valence-electron chi connectivity index (χ4n) is 2.78. The third-order valence-electron chi connectivity index (χ3n) is 4.38. The van der Waals surface area contributed by atoms with Gasteiger partial charge in [-0.05, 0) is 42.8 Å². The number of carbonyl (C=O) groups excluding carboxylic acids is 1. The molecule has 2 heterocycles. The van der Waals surface area contributed by atoms with Crippen molar-refractivity contribution in [2.75, 3.05) is 11.6 Å². The lowest BCUT2D eigenvalue weighted by atomic mass is 10.1. The van der Waals surface area contributed by atoms with Crippen molar-refractivity contribution >= 4 is 39.1 Å². The van der Waals surface area contributed by atoms with Gasteiger partial charge in [-0.1, -0.05) is 41.6 Å². The van der Waals surface area contributed by atoms with E-state index in [0.717, 1.165) is 32.4 Å². The molecule has 0 aliphatic carbocycles. The normalized spacial score (nSPS) is 11.1. The molecule has 0 aliphatic heterocycles. The third-order valence-corrected chi connectivity index (χ3v) is 6.50. The number of halogens is 1. The maximum atomic E-state index is 13.0. The van der Waals surface area contributed by atoms with Crippen LogP contribution in [0.1, 0.15) is 15.9 Å². The van der Waals surface area contributed by atoms with Gasteiger partial charge in [0.1, 0.15) is 10.5 Å². The van der Waals surface area contributed by atoms with Crippen molar-refractivity contribution in [3.63, 3.8) is 0 Å². The highest BCUT2D eigenvalue weighted by Gasteiger charge is 2.16. The number of nitrogens with zero attached hydrogens (tertiary/aromatic N) is 2. The van der Waals surface area contributed by atoms with E-state index in [2.05, 4.69) is 4.98 Å². The number of aryl methyl sites for hydroxylation is 1. The Kier molecular flexibility index (Phi) is 5.21. The van der Waals surface area contributed by atoms with E-state index in [0.29, 0.717) is 15.8 Å². The number of fused-ring (bicyclic) bond motifs is 1. The number of nitrogen functional groups attached to an aromatic ring is 1. The van der Waals surface area contributed by atoms with Crippen LogP contribution in [0.25, 0.3) is 20.7 Å². The van der Waals surface area contributed by atoms with E-state index < -0.39 is 5.82 Å². The molecule has 0 saturated carbocycles. The summed E-state index contributed by atoms with van der Waals surface area (Å²) in [5.74, 6) is 5.36. The number of thiophene rings is 1. The van der Waals surface area contributed by atoms with Crippen LogP contribution in [0.15, 0.2) is 64.5 Å². The topological polar surface area (TPSA) is 78.0 Å². The van der Waals surface area contributed by atoms with E-state index in [9.17, 15) is 14.0 Å². The van der Waals surface area contributed by atoms with Crippen molar-refractivity contribution in [2.45, 2.75) is 12.1 Å². The van der Waals surface area contributed by atoms with E-state index in [1.165, 1.54) is 35.6 Å². The van der Waals surface area contributed by atoms with Crippen molar-refractivity contribution in [1.82, 2.24) is 9.66 Å². The Morgan fingerprint density at radius 1 is 1.17 bits per heavy atom. The standard InChI is InChI=1S/C21H16FN3O2S2/c1-12-2-4-14(5-3-12)18-10-16-19(29-18)20(27)25(23)21(24-16)28-11-17(26)13-6-8-15(22)9-7-13/h2-10H,11,23H2,1H3. The van der Waals surface area contributed by atoms with E-state index >= 15 is 0 Å². The summed E-state index contributed by atoms with van der Waals surface area (Å²) in [5.41, 5.74) is 2.75. The number of ketones is 1. The first-order valence-corrected chi connectivity index (χ1v) is 10.5. The summed E-state index contributed by atoms with van der Waals surface area (Å²) in [5, 5.41) is 0.256. The summed E-state index contributed by atoms with van der Waals surface area (Å²) in [6.45, 7) is 2.01. The van der Waals surface area contributed by atoms with E-state index in [1.54, 1.807) is 0 Å². The molecule has 8 heteroatoms. The summed E-state index contributed by atoms with van der Waals surface area (Å²) >= 11 is 2.42. The predicted octanol–water partition coefficient (Wildman–Crippen LogP) is 4.26. The van der Waals surface area contributed by atoms with Gasteiger partial charge in [-0.3, -0.25) is 9.59 Å². The van der Waals surface area contributed by atoms with Crippen LogP contribution in [-0.2, 0) is 0 Å². The Labute approximate surface area is 174 Å². The van der Waals surface area contributed by atoms with Gasteiger partial charge in [-0.25, -0.2) is 14.1 Å². The zero-order valence-electron chi connectivity index (χ0n) is 15.4. The van der Waals surface area contributed by atoms with Crippen LogP contribution in [0.3, 0.4) is 0 Å². The molecule has 0 atom stereocenters. The molecular formula is C21H16FN3O2S2. The molecule has 0 bridgehead atoms. The summed E-state index contributed by atoms with van der Waals surface area (Å²) in [4.78, 5) is 30.4. The maximum absolute atomic E-state index is 13.0. The number of hydrogen-bond acceptors (Lipinski definition) is 6. The summed E-state index contributed by atoms with van der Waals surface area (Å²) in [6.07, 6.45) is 0. The molecule has 4 aromatic rings. The molecular weight excluding hydrogens is 409 g/mol. The number of benzene rings is 2. The van der Waals surface area contributed by atoms with Gasteiger partial charge in [0.2, 0.25) is 0 Å². The molecule has 4 rings (SSSR count). The highest BCUT2D eigenvalue weighted by atomic mass is 32.2. The smallest absolute Gasteiger partial charge is 0.290 e. The number of hydrogen-bond donors (Lipinski definition) is 1. The van der Waals surface area contributed by atoms with Crippen LogP contribution in [0, 0.1) is 12.7 Å². The van der Waals surface area contributed by atoms with Gasteiger partial charge in [0, 0.05) is 10.4 Å². The fraction of sp³-hybridized carbons (Fsp3) is 0.0952. The number of carbonyl (C=O) groups is 1. The third kappa shape index (κ3) is 3.94. The van der Waals surface area contributed by atoms with Crippen molar-refractivity contribution in [3.05, 3.63) is 81.9 Å². The van der Waals surface area contributed by atoms with Gasteiger partial charge < -0.3 is 5.84 Å². The van der Waals surface area contributed by atoms with Crippen molar-refractivity contribution in [3.8, 4) is 10.4 Å². The Morgan fingerprint density at radius 2 is 1.86 bits per heavy atom. The second-order valence-electron chi connectivity index (χ2n) is 6.48. The van der Waals surface area contributed by atoms with Crippen LogP contribution in [-0.4, -0.2) is 21.2 Å². The molecule has 0 unspecified atom stereocenters. The Balaban J connectivity index is 1.62. The Hall–Kier alpha value is -2.97. The zero-order valence-corrected chi connectivity index (χ0v) is 17.0. The minimum absolute atomic E-state index is 0.0374. The van der Waals surface area contributed by atoms with Gasteiger partial charge >= 0.3 is 0 Å². The zero-order chi connectivity index (χ0) is 20.5. The van der Waals surface area contributed by atoms with Crippen LogP contribution >= 0.6 is 23.1 Å². The average molecular weight is 426 g/mol. The fourth-order valence-corrected chi connectivity index (χ4v) is 4.63. The highest BCUT2D eigenvalue weighted by molar-refractivity contribution is 7.99. The molecule has 0 spiro atoms. The number of rotatable bonds is 5. The Bertz CT molecular complexity index is 1260. The first kappa shape index (κ1) is 19.4. The monoisotopic (exact) mass is 425 g/mol. The Morgan fingerprint density at radius 3 is 2.55 bits per heavy atom. The van der Waals surface area contributed by atoms with Crippen molar-refractivity contribution in [1.29, 1.82) is 0 Å². The SMILES string of the molecule is Cc1ccc(-c2cc3nc(SCC(=O)c4ccc(F)cc4)n(N)c(=O)c3s2)cc1. The number of nitrogens with two attached hydrogens (primary N) is 1. The van der Waals surface area contributed by atoms with Crippen LogP contribution in [0.5, 0.6) is 0 Å². The number of aromatic nitrogens is 2. The summed E-state index contributed by atoms with van der Waals surface area (Å²) in [7, 11) is 0. The van der Waals surface area contributed by atoms with E-state index in [-0.39, 0.29) is 22.3 Å². The van der Waals surface area contributed by atoms with E-state index in [4.69, 9.17) is 5.84 Å². The second-order valence-corrected chi connectivity index (χ2v) is 8.47. The minimum atomic E-state index is -0.404. The van der Waals surface area contributed by atoms with Crippen molar-refractivity contribution in [2.24, 2.45) is 0 Å². The van der Waals surface area contributed by atoms with Crippen LogP contribution in [0.4, 0.5) is 4.39 Å². The van der Waals surface area contributed by atoms with Gasteiger partial charge in [0.15, 0.2) is 10.9 Å². The average Bonchev–Trinajstić information content (AvgIpc) is 3.14. The maximum Gasteiger partial charge on any atom is 0.290 e. The summed E-state index contributed by atoms with van der Waals surface area (Å²) < 4.78 is 14.5.